The number of fused-ring (bicyclic) bond motifs is 2. The molecule has 0 spiro atoms. The first-order valence-corrected chi connectivity index (χ1v) is 6.07. The van der Waals surface area contributed by atoms with E-state index < -0.39 is 0 Å². The molecule has 0 aliphatic carbocycles. The Morgan fingerprint density at radius 3 is 2.25 bits per heavy atom. The predicted octanol–water partition coefficient (Wildman–Crippen LogP) is 2.15. The van der Waals surface area contributed by atoms with Gasteiger partial charge in [-0.2, -0.15) is 0 Å². The van der Waals surface area contributed by atoms with Crippen LogP contribution in [-0.2, 0) is 4.74 Å². The molecule has 4 nitrogen and oxygen atoms in total. The van der Waals surface area contributed by atoms with E-state index in [0.29, 0.717) is 28.5 Å². The molecular formula is C10H11Cl2N3O. The number of hydrogen-bond donors (Lipinski definition) is 0. The molecule has 2 fully saturated rings. The minimum Gasteiger partial charge on any atom is -0.371 e. The van der Waals surface area contributed by atoms with Crippen LogP contribution in [0.3, 0.4) is 0 Å². The SMILES string of the molecule is Clc1cc(Cl)nc(N2CC3CCC(C2)O3)n1. The summed E-state index contributed by atoms with van der Waals surface area (Å²) in [6.45, 7) is 1.65. The standard InChI is InChI=1S/C10H11Cl2N3O/c11-8-3-9(12)14-10(13-8)15-4-6-1-2-7(5-15)16-6/h3,6-7H,1-2,4-5H2. The van der Waals surface area contributed by atoms with Crippen LogP contribution in [0.15, 0.2) is 6.07 Å². The second-order valence-corrected chi connectivity index (χ2v) is 4.95. The van der Waals surface area contributed by atoms with Crippen molar-refractivity contribution in [1.29, 1.82) is 0 Å². The van der Waals surface area contributed by atoms with Gasteiger partial charge in [-0.3, -0.25) is 0 Å². The Morgan fingerprint density at radius 1 is 1.12 bits per heavy atom. The fourth-order valence-electron chi connectivity index (χ4n) is 2.30. The van der Waals surface area contributed by atoms with E-state index in [2.05, 4.69) is 14.9 Å². The first-order chi connectivity index (χ1) is 7.70. The van der Waals surface area contributed by atoms with Crippen LogP contribution < -0.4 is 4.90 Å². The minimum atomic E-state index is 0.306. The Labute approximate surface area is 104 Å². The Balaban J connectivity index is 1.86. The highest BCUT2D eigenvalue weighted by atomic mass is 35.5. The van der Waals surface area contributed by atoms with Crippen LogP contribution in [0, 0.1) is 0 Å². The molecule has 2 aliphatic rings. The quantitative estimate of drug-likeness (QED) is 0.725. The van der Waals surface area contributed by atoms with E-state index in [1.807, 2.05) is 0 Å². The molecule has 0 N–H and O–H groups in total. The van der Waals surface area contributed by atoms with Gasteiger partial charge in [0.05, 0.1) is 12.2 Å². The number of anilines is 1. The van der Waals surface area contributed by atoms with Crippen molar-refractivity contribution in [1.82, 2.24) is 9.97 Å². The molecule has 3 heterocycles. The van der Waals surface area contributed by atoms with E-state index >= 15 is 0 Å². The normalized spacial score (nSPS) is 28.5. The zero-order valence-electron chi connectivity index (χ0n) is 8.57. The van der Waals surface area contributed by atoms with Gasteiger partial charge in [-0.25, -0.2) is 9.97 Å². The summed E-state index contributed by atoms with van der Waals surface area (Å²) in [6.07, 6.45) is 2.85. The molecule has 0 saturated carbocycles. The molecule has 2 aliphatic heterocycles. The third-order valence-electron chi connectivity index (χ3n) is 2.98. The van der Waals surface area contributed by atoms with Crippen molar-refractivity contribution in [3.63, 3.8) is 0 Å². The number of morpholine rings is 1. The van der Waals surface area contributed by atoms with Gasteiger partial charge in [-0.05, 0) is 12.8 Å². The van der Waals surface area contributed by atoms with Crippen molar-refractivity contribution in [3.8, 4) is 0 Å². The maximum atomic E-state index is 5.86. The summed E-state index contributed by atoms with van der Waals surface area (Å²) in [5.41, 5.74) is 0. The number of hydrogen-bond acceptors (Lipinski definition) is 4. The lowest BCUT2D eigenvalue weighted by Gasteiger charge is -2.32. The van der Waals surface area contributed by atoms with Gasteiger partial charge >= 0.3 is 0 Å². The lowest BCUT2D eigenvalue weighted by Crippen LogP contribution is -2.43. The Bertz CT molecular complexity index is 383. The Morgan fingerprint density at radius 2 is 1.69 bits per heavy atom. The zero-order chi connectivity index (χ0) is 11.1. The summed E-state index contributed by atoms with van der Waals surface area (Å²) < 4.78 is 5.75. The molecule has 1 aromatic rings. The number of rotatable bonds is 1. The van der Waals surface area contributed by atoms with E-state index in [1.54, 1.807) is 6.07 Å². The van der Waals surface area contributed by atoms with Gasteiger partial charge in [0, 0.05) is 19.2 Å². The highest BCUT2D eigenvalue weighted by Crippen LogP contribution is 2.29. The maximum Gasteiger partial charge on any atom is 0.228 e. The van der Waals surface area contributed by atoms with Gasteiger partial charge in [-0.1, -0.05) is 23.2 Å². The third-order valence-corrected chi connectivity index (χ3v) is 3.37. The zero-order valence-corrected chi connectivity index (χ0v) is 10.1. The molecule has 16 heavy (non-hydrogen) atoms. The van der Waals surface area contributed by atoms with Crippen LogP contribution in [0.25, 0.3) is 0 Å². The van der Waals surface area contributed by atoms with Crippen LogP contribution >= 0.6 is 23.2 Å². The first kappa shape index (κ1) is 10.6. The third kappa shape index (κ3) is 1.97. The van der Waals surface area contributed by atoms with Gasteiger partial charge in [-0.15, -0.1) is 0 Å². The van der Waals surface area contributed by atoms with Gasteiger partial charge in [0.2, 0.25) is 5.95 Å². The number of aromatic nitrogens is 2. The van der Waals surface area contributed by atoms with E-state index in [-0.39, 0.29) is 0 Å². The van der Waals surface area contributed by atoms with Crippen LogP contribution in [0.1, 0.15) is 12.8 Å². The lowest BCUT2D eigenvalue weighted by atomic mass is 10.2. The van der Waals surface area contributed by atoms with E-state index in [9.17, 15) is 0 Å². The average Bonchev–Trinajstić information content (AvgIpc) is 2.56. The summed E-state index contributed by atoms with van der Waals surface area (Å²) in [5, 5.41) is 0.766. The molecule has 2 atom stereocenters. The Kier molecular flexibility index (Phi) is 2.65. The van der Waals surface area contributed by atoms with Crippen LogP contribution in [-0.4, -0.2) is 35.3 Å². The monoisotopic (exact) mass is 259 g/mol. The molecule has 0 amide bonds. The van der Waals surface area contributed by atoms with Crippen LogP contribution in [0.4, 0.5) is 5.95 Å². The molecular weight excluding hydrogens is 249 g/mol. The largest absolute Gasteiger partial charge is 0.371 e. The summed E-state index contributed by atoms with van der Waals surface area (Å²) >= 11 is 11.7. The minimum absolute atomic E-state index is 0.306. The van der Waals surface area contributed by atoms with Gasteiger partial charge in [0.1, 0.15) is 10.3 Å². The molecule has 2 bridgehead atoms. The van der Waals surface area contributed by atoms with Crippen molar-refractivity contribution in [3.05, 3.63) is 16.4 Å². The molecule has 0 aromatic carbocycles. The van der Waals surface area contributed by atoms with Crippen molar-refractivity contribution >= 4 is 29.2 Å². The van der Waals surface area contributed by atoms with E-state index in [4.69, 9.17) is 27.9 Å². The molecule has 86 valence electrons. The van der Waals surface area contributed by atoms with Crippen molar-refractivity contribution < 1.29 is 4.74 Å². The maximum absolute atomic E-state index is 5.86. The summed E-state index contributed by atoms with van der Waals surface area (Å²) in [7, 11) is 0. The second-order valence-electron chi connectivity index (χ2n) is 4.18. The summed E-state index contributed by atoms with van der Waals surface area (Å²) in [4.78, 5) is 10.5. The fourth-order valence-corrected chi connectivity index (χ4v) is 2.71. The molecule has 0 radical (unpaired) electrons. The number of halogens is 2. The second kappa shape index (κ2) is 4.02. The first-order valence-electron chi connectivity index (χ1n) is 5.31. The molecule has 6 heteroatoms. The molecule has 3 rings (SSSR count). The van der Waals surface area contributed by atoms with Crippen LogP contribution in [0.5, 0.6) is 0 Å². The average molecular weight is 260 g/mol. The van der Waals surface area contributed by atoms with Crippen LogP contribution in [0.2, 0.25) is 10.3 Å². The van der Waals surface area contributed by atoms with Crippen molar-refractivity contribution in [2.24, 2.45) is 0 Å². The van der Waals surface area contributed by atoms with Crippen molar-refractivity contribution in [2.75, 3.05) is 18.0 Å². The highest BCUT2D eigenvalue weighted by Gasteiger charge is 2.34. The van der Waals surface area contributed by atoms with E-state index in [1.165, 1.54) is 0 Å². The molecule has 1 aromatic heterocycles. The fraction of sp³-hybridized carbons (Fsp3) is 0.600. The summed E-state index contributed by atoms with van der Waals surface area (Å²) in [5.74, 6) is 0.609. The topological polar surface area (TPSA) is 38.2 Å². The van der Waals surface area contributed by atoms with Gasteiger partial charge in [0.25, 0.3) is 0 Å². The predicted molar refractivity (Wildman–Crippen MR) is 62.2 cm³/mol. The Hall–Kier alpha value is -0.580. The van der Waals surface area contributed by atoms with Gasteiger partial charge in [0.15, 0.2) is 0 Å². The molecule has 2 unspecified atom stereocenters. The number of ether oxygens (including phenoxy) is 1. The summed E-state index contributed by atoms with van der Waals surface area (Å²) in [6, 6.07) is 1.54. The van der Waals surface area contributed by atoms with Gasteiger partial charge < -0.3 is 9.64 Å². The van der Waals surface area contributed by atoms with E-state index in [0.717, 1.165) is 25.9 Å². The number of nitrogens with zero attached hydrogens (tertiary/aromatic N) is 3. The van der Waals surface area contributed by atoms with Crippen molar-refractivity contribution in [2.45, 2.75) is 25.0 Å². The highest BCUT2D eigenvalue weighted by molar-refractivity contribution is 6.33. The smallest absolute Gasteiger partial charge is 0.228 e. The lowest BCUT2D eigenvalue weighted by molar-refractivity contribution is 0.0299. The molecule has 2 saturated heterocycles.